The topological polar surface area (TPSA) is 208 Å². The van der Waals surface area contributed by atoms with Crippen LogP contribution >= 0.6 is 11.6 Å². The van der Waals surface area contributed by atoms with Gasteiger partial charge in [-0.15, -0.1) is 0 Å². The van der Waals surface area contributed by atoms with Crippen LogP contribution in [0.25, 0.3) is 5.76 Å². The Morgan fingerprint density at radius 1 is 1.21 bits per heavy atom. The molecule has 3 aliphatic rings. The summed E-state index contributed by atoms with van der Waals surface area (Å²) in [6.45, 7) is 1.57. The van der Waals surface area contributed by atoms with Gasteiger partial charge in [0.05, 0.1) is 34.3 Å². The number of ketones is 2. The number of primary amides is 1. The van der Waals surface area contributed by atoms with Crippen molar-refractivity contribution in [2.75, 3.05) is 19.8 Å². The second-order valence-corrected chi connectivity index (χ2v) is 9.54. The van der Waals surface area contributed by atoms with Crippen LogP contribution in [0, 0.1) is 11.8 Å². The lowest BCUT2D eigenvalue weighted by Gasteiger charge is -2.53. The number of nitrogen functional groups attached to an aromatic ring is 1. The van der Waals surface area contributed by atoms with Crippen molar-refractivity contribution in [3.05, 3.63) is 39.1 Å². The van der Waals surface area contributed by atoms with Crippen LogP contribution in [-0.2, 0) is 14.4 Å². The molecule has 1 aromatic rings. The Kier molecular flexibility index (Phi) is 5.26. The fraction of sp³-hybridized carbons (Fsp3) is 0.409. The molecule has 1 aromatic carbocycles. The Morgan fingerprint density at radius 3 is 2.32 bits per heavy atom. The quantitative estimate of drug-likeness (QED) is 0.163. The third kappa shape index (κ3) is 2.72. The van der Waals surface area contributed by atoms with Crippen molar-refractivity contribution in [1.29, 1.82) is 0 Å². The molecule has 0 spiro atoms. The summed E-state index contributed by atoms with van der Waals surface area (Å²) in [5.41, 5.74) is 6.91. The van der Waals surface area contributed by atoms with Gasteiger partial charge in [0.25, 0.3) is 5.91 Å². The largest absolute Gasteiger partial charge is 0.508 e. The van der Waals surface area contributed by atoms with Crippen LogP contribution in [0.15, 0.2) is 23.0 Å². The molecule has 1 amide bonds. The number of aliphatic hydroxyl groups excluding tert-OH is 3. The van der Waals surface area contributed by atoms with Gasteiger partial charge in [0, 0.05) is 17.6 Å². The number of anilines is 1. The number of aromatic hydroxyl groups is 1. The molecule has 4 rings (SSSR count). The first-order valence-corrected chi connectivity index (χ1v) is 10.7. The number of hydrogen-bond acceptors (Lipinski definition) is 10. The number of aliphatic hydroxyl groups is 4. The number of rotatable bonds is 2. The lowest BCUT2D eigenvalue weighted by Crippen LogP contribution is -2.70. The Labute approximate surface area is 198 Å². The number of likely N-dealkylation sites (N-methyl/N-ethyl adjacent to an activating group) is 1. The summed E-state index contributed by atoms with van der Waals surface area (Å²) in [5, 5.41) is 55.3. The summed E-state index contributed by atoms with van der Waals surface area (Å²) >= 11 is 6.10. The van der Waals surface area contributed by atoms with Gasteiger partial charge in [-0.05, 0) is 25.6 Å². The number of Topliss-reactive ketones (excluding diaryl/α,β-unsaturated/α-hetero) is 2. The number of fused-ring (bicyclic) bond motifs is 3. The first-order chi connectivity index (χ1) is 15.7. The van der Waals surface area contributed by atoms with Crippen LogP contribution < -0.4 is 11.5 Å². The number of halogens is 1. The van der Waals surface area contributed by atoms with E-state index in [9.17, 15) is 39.9 Å². The summed E-state index contributed by atoms with van der Waals surface area (Å²) < 4.78 is 0. The van der Waals surface area contributed by atoms with Crippen molar-refractivity contribution >= 4 is 40.5 Å². The minimum Gasteiger partial charge on any atom is -0.508 e. The van der Waals surface area contributed by atoms with Crippen molar-refractivity contribution in [3.63, 3.8) is 0 Å². The van der Waals surface area contributed by atoms with Crippen molar-refractivity contribution in [3.8, 4) is 5.75 Å². The van der Waals surface area contributed by atoms with Gasteiger partial charge in [-0.2, -0.15) is 0 Å². The van der Waals surface area contributed by atoms with Gasteiger partial charge in [-0.3, -0.25) is 19.3 Å². The van der Waals surface area contributed by atoms with E-state index in [1.54, 1.807) is 6.92 Å². The first kappa shape index (κ1) is 24.0. The third-order valence-corrected chi connectivity index (χ3v) is 7.53. The van der Waals surface area contributed by atoms with Gasteiger partial charge >= 0.3 is 0 Å². The van der Waals surface area contributed by atoms with Gasteiger partial charge in [0.2, 0.25) is 5.78 Å². The zero-order chi connectivity index (χ0) is 25.6. The Morgan fingerprint density at radius 2 is 1.79 bits per heavy atom. The highest BCUT2D eigenvalue weighted by molar-refractivity contribution is 6.33. The molecule has 2 unspecified atom stereocenters. The van der Waals surface area contributed by atoms with Crippen molar-refractivity contribution < 1.29 is 39.9 Å². The molecule has 182 valence electrons. The Hall–Kier alpha value is -3.12. The average Bonchev–Trinajstić information content (AvgIpc) is 2.73. The molecule has 34 heavy (non-hydrogen) atoms. The molecule has 0 radical (unpaired) electrons. The van der Waals surface area contributed by atoms with E-state index in [4.69, 9.17) is 23.1 Å². The molecule has 0 heterocycles. The summed E-state index contributed by atoms with van der Waals surface area (Å²) in [7, 11) is 2.86. The molecule has 0 aromatic heterocycles. The number of hydrogen-bond donors (Lipinski definition) is 7. The number of phenols is 1. The third-order valence-electron chi connectivity index (χ3n) is 7.22. The van der Waals surface area contributed by atoms with Gasteiger partial charge in [-0.25, -0.2) is 0 Å². The molecule has 9 N–H and O–H groups in total. The highest BCUT2D eigenvalue weighted by atomic mass is 35.5. The molecule has 6 atom stereocenters. The van der Waals surface area contributed by atoms with E-state index >= 15 is 0 Å². The maximum atomic E-state index is 13.7. The normalized spacial score (nSPS) is 33.1. The molecule has 1 saturated carbocycles. The number of nitrogens with zero attached hydrogens (tertiary/aromatic N) is 1. The number of amides is 1. The SMILES string of the molecule is C[C@H]1c2c(N)c(Cl)cc(O)c2C(O)=C2C(=O)[C@]3(O)C(O)=C(C(N)=O)C(=O)[C@@H](N(C)C)C3[C@@H](O)C21. The van der Waals surface area contributed by atoms with Gasteiger partial charge in [0.15, 0.2) is 11.4 Å². The van der Waals surface area contributed by atoms with Crippen LogP contribution in [-0.4, -0.2) is 79.7 Å². The monoisotopic (exact) mass is 493 g/mol. The fourth-order valence-corrected chi connectivity index (χ4v) is 5.97. The van der Waals surface area contributed by atoms with Crippen LogP contribution in [0.3, 0.4) is 0 Å². The number of phenolic OH excluding ortho intramolecular Hbond substituents is 1. The van der Waals surface area contributed by atoms with Crippen molar-refractivity contribution in [1.82, 2.24) is 4.90 Å². The first-order valence-electron chi connectivity index (χ1n) is 10.3. The fourth-order valence-electron chi connectivity index (χ4n) is 5.76. The molecular formula is C22H24ClN3O8. The zero-order valence-electron chi connectivity index (χ0n) is 18.4. The smallest absolute Gasteiger partial charge is 0.255 e. The van der Waals surface area contributed by atoms with E-state index in [0.29, 0.717) is 0 Å². The van der Waals surface area contributed by atoms with E-state index in [2.05, 4.69) is 0 Å². The minimum atomic E-state index is -2.96. The number of carbonyl (C=O) groups excluding carboxylic acids is 3. The maximum absolute atomic E-state index is 13.7. The van der Waals surface area contributed by atoms with Crippen LogP contribution in [0.2, 0.25) is 5.02 Å². The van der Waals surface area contributed by atoms with Crippen molar-refractivity contribution in [2.45, 2.75) is 30.6 Å². The molecular weight excluding hydrogens is 470 g/mol. The molecule has 1 fully saturated rings. The number of nitrogens with two attached hydrogens (primary N) is 2. The minimum absolute atomic E-state index is 0.00990. The summed E-state index contributed by atoms with van der Waals surface area (Å²) in [5.74, 6) is -9.82. The molecule has 0 saturated heterocycles. The predicted molar refractivity (Wildman–Crippen MR) is 120 cm³/mol. The van der Waals surface area contributed by atoms with Gasteiger partial charge in [-0.1, -0.05) is 18.5 Å². The van der Waals surface area contributed by atoms with E-state index < -0.39 is 81.4 Å². The molecule has 0 aliphatic heterocycles. The number of benzene rings is 1. The summed E-state index contributed by atoms with van der Waals surface area (Å²) in [4.78, 5) is 40.1. The Balaban J connectivity index is 2.09. The van der Waals surface area contributed by atoms with Crippen LogP contribution in [0.4, 0.5) is 5.69 Å². The predicted octanol–water partition coefficient (Wildman–Crippen LogP) is -0.269. The second-order valence-electron chi connectivity index (χ2n) is 9.13. The van der Waals surface area contributed by atoms with E-state index in [0.717, 1.165) is 6.07 Å². The standard InChI is InChI=1S/C22H24ClN3O8/c1-5-8-10(7(27)4-6(23)14(8)24)16(28)11-9(5)17(29)13-15(26(2)3)18(30)12(21(25)33)20(32)22(13,34)19(11)31/h4-5,9,13,15,17,27-29,32,34H,24H2,1-3H3,(H2,25,33)/t5-,9?,13?,15-,17-,22-/m0/s1. The van der Waals surface area contributed by atoms with Crippen LogP contribution in [0.1, 0.15) is 24.0 Å². The molecule has 0 bridgehead atoms. The van der Waals surface area contributed by atoms with E-state index in [1.807, 2.05) is 0 Å². The molecule has 3 aliphatic carbocycles. The molecule has 12 heteroatoms. The van der Waals surface area contributed by atoms with Gasteiger partial charge < -0.3 is 37.0 Å². The Bertz CT molecular complexity index is 1240. The van der Waals surface area contributed by atoms with E-state index in [1.165, 1.54) is 19.0 Å². The average molecular weight is 494 g/mol. The summed E-state index contributed by atoms with van der Waals surface area (Å²) in [6.07, 6.45) is -1.70. The van der Waals surface area contributed by atoms with Crippen molar-refractivity contribution in [2.24, 2.45) is 17.6 Å². The highest BCUT2D eigenvalue weighted by Gasteiger charge is 2.68. The number of carbonyl (C=O) groups is 3. The lowest BCUT2D eigenvalue weighted by molar-refractivity contribution is -0.169. The van der Waals surface area contributed by atoms with Crippen LogP contribution in [0.5, 0.6) is 5.75 Å². The molecule has 11 nitrogen and oxygen atoms in total. The van der Waals surface area contributed by atoms with E-state index in [-0.39, 0.29) is 21.8 Å². The van der Waals surface area contributed by atoms with Gasteiger partial charge in [0.1, 0.15) is 22.8 Å². The maximum Gasteiger partial charge on any atom is 0.255 e. The zero-order valence-corrected chi connectivity index (χ0v) is 19.2. The lowest BCUT2D eigenvalue weighted by atomic mass is 9.54. The highest BCUT2D eigenvalue weighted by Crippen LogP contribution is 2.57. The summed E-state index contributed by atoms with van der Waals surface area (Å²) in [6, 6.07) is -0.352. The second kappa shape index (κ2) is 7.44.